The van der Waals surface area contributed by atoms with Gasteiger partial charge in [-0.05, 0) is 12.1 Å². The summed E-state index contributed by atoms with van der Waals surface area (Å²) >= 11 is 4.71. The van der Waals surface area contributed by atoms with Gasteiger partial charge in [-0.15, -0.1) is 0 Å². The lowest BCUT2D eigenvalue weighted by Crippen LogP contribution is -2.10. The number of hydrogen-bond donors (Lipinski definition) is 2. The van der Waals surface area contributed by atoms with Crippen molar-refractivity contribution >= 4 is 22.9 Å². The molecule has 6 nitrogen and oxygen atoms in total. The van der Waals surface area contributed by atoms with E-state index in [-0.39, 0.29) is 29.6 Å². The quantitative estimate of drug-likeness (QED) is 0.445. The molecule has 0 aliphatic carbocycles. The lowest BCUT2D eigenvalue weighted by atomic mass is 10.2. The van der Waals surface area contributed by atoms with E-state index in [1.54, 1.807) is 0 Å². The van der Waals surface area contributed by atoms with Crippen LogP contribution < -0.4 is 10.5 Å². The molecule has 16 heavy (non-hydrogen) atoms. The molecule has 0 aliphatic heterocycles. The number of thiocarbonyl (C=S) groups is 1. The average molecular weight is 242 g/mol. The predicted octanol–water partition coefficient (Wildman–Crippen LogP) is 0.600. The molecule has 1 rings (SSSR count). The van der Waals surface area contributed by atoms with Gasteiger partial charge in [0.1, 0.15) is 11.6 Å². The first-order valence-electron chi connectivity index (χ1n) is 4.38. The number of ether oxygens (including phenoxy) is 1. The van der Waals surface area contributed by atoms with E-state index in [1.165, 1.54) is 18.2 Å². The van der Waals surface area contributed by atoms with Crippen LogP contribution in [0.2, 0.25) is 0 Å². The van der Waals surface area contributed by atoms with Crippen LogP contribution >= 0.6 is 12.2 Å². The summed E-state index contributed by atoms with van der Waals surface area (Å²) in [6.07, 6.45) is 0. The summed E-state index contributed by atoms with van der Waals surface area (Å²) in [4.78, 5) is 10.2. The normalized spacial score (nSPS) is 9.81. The first-order chi connectivity index (χ1) is 7.56. The Labute approximate surface area is 96.8 Å². The number of nitro benzene ring substituents is 1. The van der Waals surface area contributed by atoms with Crippen molar-refractivity contribution in [3.63, 3.8) is 0 Å². The minimum Gasteiger partial charge on any atom is -0.484 e. The summed E-state index contributed by atoms with van der Waals surface area (Å²) in [6.45, 7) is -0.221. The number of rotatable bonds is 5. The van der Waals surface area contributed by atoms with E-state index in [1.807, 2.05) is 0 Å². The monoisotopic (exact) mass is 242 g/mol. The van der Waals surface area contributed by atoms with Gasteiger partial charge in [0.25, 0.3) is 0 Å². The highest BCUT2D eigenvalue weighted by Gasteiger charge is 2.16. The molecule has 0 aliphatic rings. The van der Waals surface area contributed by atoms with Crippen molar-refractivity contribution in [2.24, 2.45) is 5.73 Å². The first kappa shape index (κ1) is 12.3. The molecule has 86 valence electrons. The predicted molar refractivity (Wildman–Crippen MR) is 61.6 cm³/mol. The lowest BCUT2D eigenvalue weighted by Gasteiger charge is -2.06. The van der Waals surface area contributed by atoms with E-state index in [4.69, 9.17) is 27.8 Å². The van der Waals surface area contributed by atoms with Crippen molar-refractivity contribution in [1.82, 2.24) is 0 Å². The van der Waals surface area contributed by atoms with Gasteiger partial charge in [0.05, 0.1) is 11.5 Å². The molecule has 7 heteroatoms. The second kappa shape index (κ2) is 5.38. The van der Waals surface area contributed by atoms with E-state index >= 15 is 0 Å². The fourth-order valence-corrected chi connectivity index (χ4v) is 1.22. The average Bonchev–Trinajstić information content (AvgIpc) is 2.25. The van der Waals surface area contributed by atoms with E-state index in [0.29, 0.717) is 5.56 Å². The van der Waals surface area contributed by atoms with Gasteiger partial charge in [0.2, 0.25) is 0 Å². The van der Waals surface area contributed by atoms with Crippen LogP contribution in [-0.2, 0) is 0 Å². The second-order valence-electron chi connectivity index (χ2n) is 2.88. The summed E-state index contributed by atoms with van der Waals surface area (Å²) in [5, 5.41) is 19.3. The van der Waals surface area contributed by atoms with Crippen molar-refractivity contribution in [2.45, 2.75) is 0 Å². The molecule has 0 unspecified atom stereocenters. The summed E-state index contributed by atoms with van der Waals surface area (Å²) in [6, 6.07) is 4.18. The van der Waals surface area contributed by atoms with Crippen LogP contribution in [0.1, 0.15) is 5.56 Å². The van der Waals surface area contributed by atoms with Crippen molar-refractivity contribution < 1.29 is 14.8 Å². The van der Waals surface area contributed by atoms with Crippen LogP contribution in [0.15, 0.2) is 18.2 Å². The summed E-state index contributed by atoms with van der Waals surface area (Å²) in [5.41, 5.74) is 5.54. The standard InChI is InChI=1S/C9H10N2O4S/c10-9(16)6-1-2-8(15-4-3-12)7(5-6)11(13)14/h1-2,5,12H,3-4H2,(H2,10,16). The largest absolute Gasteiger partial charge is 0.484 e. The minimum absolute atomic E-state index is 0.00669. The molecule has 0 bridgehead atoms. The Balaban J connectivity index is 3.09. The summed E-state index contributed by atoms with van der Waals surface area (Å²) in [5.74, 6) is 0.0825. The third-order valence-electron chi connectivity index (χ3n) is 1.79. The van der Waals surface area contributed by atoms with Crippen LogP contribution in [0, 0.1) is 10.1 Å². The number of hydrogen-bond acceptors (Lipinski definition) is 5. The van der Waals surface area contributed by atoms with E-state index in [9.17, 15) is 10.1 Å². The molecule has 3 N–H and O–H groups in total. The van der Waals surface area contributed by atoms with E-state index < -0.39 is 4.92 Å². The zero-order chi connectivity index (χ0) is 12.1. The van der Waals surface area contributed by atoms with Crippen LogP contribution in [0.5, 0.6) is 5.75 Å². The van der Waals surface area contributed by atoms with Gasteiger partial charge < -0.3 is 15.6 Å². The Morgan fingerprint density at radius 2 is 2.31 bits per heavy atom. The number of aliphatic hydroxyl groups is 1. The van der Waals surface area contributed by atoms with Gasteiger partial charge in [0.15, 0.2) is 5.75 Å². The third-order valence-corrected chi connectivity index (χ3v) is 2.02. The van der Waals surface area contributed by atoms with Crippen molar-refractivity contribution in [2.75, 3.05) is 13.2 Å². The van der Waals surface area contributed by atoms with Gasteiger partial charge >= 0.3 is 5.69 Å². The van der Waals surface area contributed by atoms with Gasteiger partial charge in [-0.1, -0.05) is 12.2 Å². The highest BCUT2D eigenvalue weighted by atomic mass is 32.1. The molecule has 0 atom stereocenters. The molecule has 0 saturated heterocycles. The molecule has 0 spiro atoms. The van der Waals surface area contributed by atoms with Crippen LogP contribution in [0.25, 0.3) is 0 Å². The Bertz CT molecular complexity index is 422. The zero-order valence-corrected chi connectivity index (χ0v) is 9.07. The molecular weight excluding hydrogens is 232 g/mol. The SMILES string of the molecule is NC(=S)c1ccc(OCCO)c([N+](=O)[O-])c1. The minimum atomic E-state index is -0.589. The number of benzene rings is 1. The fourth-order valence-electron chi connectivity index (χ4n) is 1.09. The Hall–Kier alpha value is -1.73. The van der Waals surface area contributed by atoms with Crippen LogP contribution in [0.3, 0.4) is 0 Å². The molecule has 0 aromatic heterocycles. The van der Waals surface area contributed by atoms with Crippen LogP contribution in [0.4, 0.5) is 5.69 Å². The summed E-state index contributed by atoms with van der Waals surface area (Å²) in [7, 11) is 0. The number of nitrogens with two attached hydrogens (primary N) is 1. The Morgan fingerprint density at radius 1 is 1.62 bits per heavy atom. The Morgan fingerprint density at radius 3 is 2.81 bits per heavy atom. The topological polar surface area (TPSA) is 98.6 Å². The maximum atomic E-state index is 10.7. The molecule has 0 saturated carbocycles. The summed E-state index contributed by atoms with van der Waals surface area (Å²) < 4.78 is 5.01. The molecule has 1 aromatic rings. The van der Waals surface area contributed by atoms with Crippen molar-refractivity contribution in [1.29, 1.82) is 0 Å². The highest BCUT2D eigenvalue weighted by molar-refractivity contribution is 7.80. The maximum Gasteiger partial charge on any atom is 0.311 e. The fraction of sp³-hybridized carbons (Fsp3) is 0.222. The number of nitro groups is 1. The lowest BCUT2D eigenvalue weighted by molar-refractivity contribution is -0.385. The van der Waals surface area contributed by atoms with Gasteiger partial charge in [-0.3, -0.25) is 10.1 Å². The second-order valence-corrected chi connectivity index (χ2v) is 3.32. The smallest absolute Gasteiger partial charge is 0.311 e. The molecule has 0 amide bonds. The molecular formula is C9H10N2O4S. The van der Waals surface area contributed by atoms with E-state index in [0.717, 1.165) is 0 Å². The van der Waals surface area contributed by atoms with Gasteiger partial charge in [-0.2, -0.15) is 0 Å². The van der Waals surface area contributed by atoms with Crippen LogP contribution in [-0.4, -0.2) is 28.2 Å². The van der Waals surface area contributed by atoms with Gasteiger partial charge in [-0.25, -0.2) is 0 Å². The number of aliphatic hydroxyl groups excluding tert-OH is 1. The number of nitrogens with zero attached hydrogens (tertiary/aromatic N) is 1. The van der Waals surface area contributed by atoms with E-state index in [2.05, 4.69) is 0 Å². The molecule has 0 fully saturated rings. The van der Waals surface area contributed by atoms with Crippen molar-refractivity contribution in [3.8, 4) is 5.75 Å². The molecule has 1 aromatic carbocycles. The first-order valence-corrected chi connectivity index (χ1v) is 4.79. The van der Waals surface area contributed by atoms with Crippen molar-refractivity contribution in [3.05, 3.63) is 33.9 Å². The van der Waals surface area contributed by atoms with Gasteiger partial charge in [0, 0.05) is 11.6 Å². The molecule has 0 radical (unpaired) electrons. The zero-order valence-electron chi connectivity index (χ0n) is 8.25. The molecule has 0 heterocycles. The maximum absolute atomic E-state index is 10.7. The highest BCUT2D eigenvalue weighted by Crippen LogP contribution is 2.27. The Kier molecular flexibility index (Phi) is 4.15. The third kappa shape index (κ3) is 2.88.